The van der Waals surface area contributed by atoms with E-state index in [-0.39, 0.29) is 18.0 Å². The molecule has 0 aliphatic carbocycles. The van der Waals surface area contributed by atoms with Crippen LogP contribution in [0.25, 0.3) is 0 Å². The van der Waals surface area contributed by atoms with E-state index in [9.17, 15) is 14.0 Å². The summed E-state index contributed by atoms with van der Waals surface area (Å²) in [5, 5.41) is 0. The molecule has 1 heterocycles. The van der Waals surface area contributed by atoms with Gasteiger partial charge in [-0.3, -0.25) is 20.4 Å². The minimum atomic E-state index is -0.537. The number of hydrogen-bond acceptors (Lipinski definition) is 3. The Morgan fingerprint density at radius 3 is 2.40 bits per heavy atom. The number of carbonyl (C=O) groups is 2. The monoisotopic (exact) mass is 276 g/mol. The zero-order chi connectivity index (χ0) is 14.5. The topological polar surface area (TPSA) is 71.3 Å². The third-order valence-electron chi connectivity index (χ3n) is 2.56. The van der Waals surface area contributed by atoms with Crippen LogP contribution in [0, 0.1) is 12.7 Å². The summed E-state index contributed by atoms with van der Waals surface area (Å²) in [5.41, 5.74) is 5.14. The number of furan rings is 1. The second kappa shape index (κ2) is 6.01. The molecule has 0 saturated heterocycles. The fourth-order valence-electron chi connectivity index (χ4n) is 1.58. The molecule has 1 aromatic heterocycles. The first kappa shape index (κ1) is 13.8. The Balaban J connectivity index is 1.83. The summed E-state index contributed by atoms with van der Waals surface area (Å²) < 4.78 is 17.8. The fourth-order valence-corrected chi connectivity index (χ4v) is 1.58. The number of rotatable bonds is 3. The van der Waals surface area contributed by atoms with E-state index < -0.39 is 11.8 Å². The van der Waals surface area contributed by atoms with Gasteiger partial charge in [0.05, 0.1) is 6.42 Å². The third-order valence-corrected chi connectivity index (χ3v) is 2.56. The predicted octanol–water partition coefficient (Wildman–Crippen LogP) is 1.73. The molecule has 0 saturated carbocycles. The molecule has 0 atom stereocenters. The Hall–Kier alpha value is -2.63. The molecule has 0 unspecified atom stereocenters. The van der Waals surface area contributed by atoms with Gasteiger partial charge in [-0.15, -0.1) is 0 Å². The smallest absolute Gasteiger partial charge is 0.305 e. The number of aryl methyl sites for hydroxylation is 1. The first-order valence-corrected chi connectivity index (χ1v) is 5.94. The van der Waals surface area contributed by atoms with E-state index in [2.05, 4.69) is 10.9 Å². The molecule has 2 amide bonds. The van der Waals surface area contributed by atoms with Crippen LogP contribution in [0.3, 0.4) is 0 Å². The van der Waals surface area contributed by atoms with E-state index in [4.69, 9.17) is 4.42 Å². The maximum atomic E-state index is 12.7. The van der Waals surface area contributed by atoms with Crippen molar-refractivity contribution in [2.24, 2.45) is 0 Å². The minimum Gasteiger partial charge on any atom is -0.456 e. The van der Waals surface area contributed by atoms with Gasteiger partial charge in [0.1, 0.15) is 11.6 Å². The Bertz CT molecular complexity index is 620. The zero-order valence-electron chi connectivity index (χ0n) is 10.8. The summed E-state index contributed by atoms with van der Waals surface area (Å²) in [5.74, 6) is -0.591. The maximum absolute atomic E-state index is 12.7. The summed E-state index contributed by atoms with van der Waals surface area (Å²) in [6.07, 6.45) is 0.0394. The molecule has 0 radical (unpaired) electrons. The standard InChI is InChI=1S/C14H13FN2O3/c1-9-2-7-12(20-9)14(19)17-16-13(18)8-10-3-5-11(15)6-4-10/h2-7H,8H2,1H3,(H,16,18)(H,17,19). The van der Waals surface area contributed by atoms with Crippen molar-refractivity contribution < 1.29 is 18.4 Å². The van der Waals surface area contributed by atoms with Crippen LogP contribution in [0.4, 0.5) is 4.39 Å². The van der Waals surface area contributed by atoms with E-state index in [1.807, 2.05) is 0 Å². The third kappa shape index (κ3) is 3.68. The highest BCUT2D eigenvalue weighted by Gasteiger charge is 2.11. The maximum Gasteiger partial charge on any atom is 0.305 e. The molecule has 0 spiro atoms. The van der Waals surface area contributed by atoms with Crippen molar-refractivity contribution in [1.82, 2.24) is 10.9 Å². The van der Waals surface area contributed by atoms with Gasteiger partial charge in [0, 0.05) is 0 Å². The summed E-state index contributed by atoms with van der Waals surface area (Å²) in [4.78, 5) is 23.2. The number of hydrazine groups is 1. The summed E-state index contributed by atoms with van der Waals surface area (Å²) in [7, 11) is 0. The average molecular weight is 276 g/mol. The lowest BCUT2D eigenvalue weighted by Crippen LogP contribution is -2.42. The highest BCUT2D eigenvalue weighted by atomic mass is 19.1. The van der Waals surface area contributed by atoms with Gasteiger partial charge in [-0.25, -0.2) is 4.39 Å². The van der Waals surface area contributed by atoms with Crippen molar-refractivity contribution in [3.05, 3.63) is 59.3 Å². The van der Waals surface area contributed by atoms with Gasteiger partial charge in [0.15, 0.2) is 5.76 Å². The number of halogens is 1. The second-order valence-corrected chi connectivity index (χ2v) is 4.22. The molecule has 2 rings (SSSR count). The van der Waals surface area contributed by atoms with Crippen molar-refractivity contribution >= 4 is 11.8 Å². The number of hydrogen-bond donors (Lipinski definition) is 2. The molecule has 104 valence electrons. The molecule has 1 aromatic carbocycles. The van der Waals surface area contributed by atoms with Crippen LogP contribution < -0.4 is 10.9 Å². The second-order valence-electron chi connectivity index (χ2n) is 4.22. The van der Waals surface area contributed by atoms with Crippen molar-refractivity contribution in [3.63, 3.8) is 0 Å². The first-order chi connectivity index (χ1) is 9.54. The SMILES string of the molecule is Cc1ccc(C(=O)NNC(=O)Cc2ccc(F)cc2)o1. The van der Waals surface area contributed by atoms with E-state index >= 15 is 0 Å². The van der Waals surface area contributed by atoms with Gasteiger partial charge in [-0.1, -0.05) is 12.1 Å². The Kier molecular flexibility index (Phi) is 4.14. The molecule has 20 heavy (non-hydrogen) atoms. The van der Waals surface area contributed by atoms with Crippen LogP contribution in [-0.2, 0) is 11.2 Å². The van der Waals surface area contributed by atoms with Crippen LogP contribution in [0.5, 0.6) is 0 Å². The van der Waals surface area contributed by atoms with Crippen LogP contribution in [-0.4, -0.2) is 11.8 Å². The summed E-state index contributed by atoms with van der Waals surface area (Å²) >= 11 is 0. The molecule has 0 aliphatic rings. The quantitative estimate of drug-likeness (QED) is 0.839. The summed E-state index contributed by atoms with van der Waals surface area (Å²) in [6, 6.07) is 8.71. The predicted molar refractivity (Wildman–Crippen MR) is 69.2 cm³/mol. The highest BCUT2D eigenvalue weighted by Crippen LogP contribution is 2.05. The molecule has 2 aromatic rings. The van der Waals surface area contributed by atoms with Gasteiger partial charge < -0.3 is 4.42 Å². The van der Waals surface area contributed by atoms with Gasteiger partial charge in [-0.2, -0.15) is 0 Å². The highest BCUT2D eigenvalue weighted by molar-refractivity contribution is 5.93. The molecule has 0 fully saturated rings. The lowest BCUT2D eigenvalue weighted by molar-refractivity contribution is -0.121. The van der Waals surface area contributed by atoms with E-state index in [0.717, 1.165) is 0 Å². The van der Waals surface area contributed by atoms with Crippen LogP contribution in [0.1, 0.15) is 21.9 Å². The minimum absolute atomic E-state index is 0.0394. The summed E-state index contributed by atoms with van der Waals surface area (Å²) in [6.45, 7) is 1.71. The van der Waals surface area contributed by atoms with Crippen molar-refractivity contribution in [1.29, 1.82) is 0 Å². The van der Waals surface area contributed by atoms with Crippen molar-refractivity contribution in [2.45, 2.75) is 13.3 Å². The fraction of sp³-hybridized carbons (Fsp3) is 0.143. The largest absolute Gasteiger partial charge is 0.456 e. The van der Waals surface area contributed by atoms with Crippen LogP contribution in [0.2, 0.25) is 0 Å². The van der Waals surface area contributed by atoms with Gasteiger partial charge in [0.25, 0.3) is 0 Å². The lowest BCUT2D eigenvalue weighted by atomic mass is 10.1. The molecule has 5 nitrogen and oxygen atoms in total. The number of nitrogens with one attached hydrogen (secondary N) is 2. The zero-order valence-corrected chi connectivity index (χ0v) is 10.8. The molecular formula is C14H13FN2O3. The Morgan fingerprint density at radius 2 is 1.80 bits per heavy atom. The average Bonchev–Trinajstić information content (AvgIpc) is 2.85. The van der Waals surface area contributed by atoms with Crippen LogP contribution in [0.15, 0.2) is 40.8 Å². The Morgan fingerprint density at radius 1 is 1.10 bits per heavy atom. The first-order valence-electron chi connectivity index (χ1n) is 5.94. The van der Waals surface area contributed by atoms with Gasteiger partial charge in [-0.05, 0) is 36.8 Å². The number of amides is 2. The van der Waals surface area contributed by atoms with Gasteiger partial charge >= 0.3 is 5.91 Å². The normalized spacial score (nSPS) is 10.1. The molecular weight excluding hydrogens is 263 g/mol. The van der Waals surface area contributed by atoms with E-state index in [1.54, 1.807) is 13.0 Å². The van der Waals surface area contributed by atoms with Crippen molar-refractivity contribution in [2.75, 3.05) is 0 Å². The molecule has 6 heteroatoms. The van der Waals surface area contributed by atoms with Crippen LogP contribution >= 0.6 is 0 Å². The molecule has 0 aliphatic heterocycles. The Labute approximate surface area is 114 Å². The van der Waals surface area contributed by atoms with E-state index in [1.165, 1.54) is 30.3 Å². The van der Waals surface area contributed by atoms with Gasteiger partial charge in [0.2, 0.25) is 5.91 Å². The lowest BCUT2D eigenvalue weighted by Gasteiger charge is -2.06. The molecule has 2 N–H and O–H groups in total. The number of carbonyl (C=O) groups excluding carboxylic acids is 2. The molecule has 0 bridgehead atoms. The number of benzene rings is 1. The van der Waals surface area contributed by atoms with E-state index in [0.29, 0.717) is 11.3 Å². The van der Waals surface area contributed by atoms with Crippen molar-refractivity contribution in [3.8, 4) is 0 Å².